The van der Waals surface area contributed by atoms with E-state index in [0.717, 1.165) is 22.6 Å². The Morgan fingerprint density at radius 1 is 0.793 bits per heavy atom. The van der Waals surface area contributed by atoms with Crippen LogP contribution in [0.15, 0.2) is 48.5 Å². The predicted molar refractivity (Wildman–Crippen MR) is 113 cm³/mol. The molecule has 2 amide bonds. The van der Waals surface area contributed by atoms with Crippen molar-refractivity contribution in [2.45, 2.75) is 26.7 Å². The van der Waals surface area contributed by atoms with E-state index >= 15 is 0 Å². The molecule has 6 heteroatoms. The molecular formula is C23H30N2O4. The van der Waals surface area contributed by atoms with Crippen molar-refractivity contribution >= 4 is 11.8 Å². The highest BCUT2D eigenvalue weighted by molar-refractivity contribution is 6.04. The van der Waals surface area contributed by atoms with Crippen LogP contribution in [0, 0.1) is 5.41 Å². The van der Waals surface area contributed by atoms with Crippen molar-refractivity contribution in [3.63, 3.8) is 0 Å². The fourth-order valence-corrected chi connectivity index (χ4v) is 2.84. The molecule has 0 heterocycles. The second kappa shape index (κ2) is 10.5. The Labute approximate surface area is 172 Å². The highest BCUT2D eigenvalue weighted by Crippen LogP contribution is 2.17. The van der Waals surface area contributed by atoms with Gasteiger partial charge in [0.05, 0.1) is 14.2 Å². The summed E-state index contributed by atoms with van der Waals surface area (Å²) in [7, 11) is 3.24. The van der Waals surface area contributed by atoms with Crippen molar-refractivity contribution in [3.05, 3.63) is 59.7 Å². The summed E-state index contributed by atoms with van der Waals surface area (Å²) < 4.78 is 10.4. The van der Waals surface area contributed by atoms with Gasteiger partial charge in [0.1, 0.15) is 16.9 Å². The summed E-state index contributed by atoms with van der Waals surface area (Å²) in [4.78, 5) is 25.0. The van der Waals surface area contributed by atoms with Gasteiger partial charge in [-0.25, -0.2) is 0 Å². The van der Waals surface area contributed by atoms with Crippen molar-refractivity contribution in [2.24, 2.45) is 5.41 Å². The molecule has 0 saturated heterocycles. The molecule has 0 radical (unpaired) electrons. The number of nitrogens with one attached hydrogen (secondary N) is 2. The van der Waals surface area contributed by atoms with Gasteiger partial charge in [-0.3, -0.25) is 9.59 Å². The molecule has 2 rings (SSSR count). The molecule has 0 spiro atoms. The van der Waals surface area contributed by atoms with E-state index in [4.69, 9.17) is 9.47 Å². The minimum atomic E-state index is -1.15. The third-order valence-corrected chi connectivity index (χ3v) is 4.80. The molecule has 2 N–H and O–H groups in total. The first-order chi connectivity index (χ1) is 13.9. The number of ether oxygens (including phenoxy) is 2. The van der Waals surface area contributed by atoms with Crippen molar-refractivity contribution in [3.8, 4) is 11.5 Å². The van der Waals surface area contributed by atoms with Crippen molar-refractivity contribution in [1.29, 1.82) is 0 Å². The maximum atomic E-state index is 12.5. The first-order valence-electron chi connectivity index (χ1n) is 9.69. The van der Waals surface area contributed by atoms with Crippen LogP contribution >= 0.6 is 0 Å². The molecule has 6 nitrogen and oxygen atoms in total. The van der Waals surface area contributed by atoms with Crippen LogP contribution in [0.3, 0.4) is 0 Å². The number of amides is 2. The maximum absolute atomic E-state index is 12.5. The van der Waals surface area contributed by atoms with Gasteiger partial charge in [0.15, 0.2) is 0 Å². The molecule has 0 aliphatic heterocycles. The van der Waals surface area contributed by atoms with E-state index in [1.54, 1.807) is 28.1 Å². The van der Waals surface area contributed by atoms with Crippen LogP contribution in [0.2, 0.25) is 0 Å². The number of benzene rings is 2. The van der Waals surface area contributed by atoms with E-state index in [9.17, 15) is 9.59 Å². The average molecular weight is 399 g/mol. The van der Waals surface area contributed by atoms with Gasteiger partial charge < -0.3 is 20.1 Å². The molecule has 0 saturated carbocycles. The van der Waals surface area contributed by atoms with Gasteiger partial charge in [-0.15, -0.1) is 0 Å². The summed E-state index contributed by atoms with van der Waals surface area (Å²) in [5, 5.41) is 5.71. The zero-order chi connectivity index (χ0) is 21.3. The number of hydrogen-bond donors (Lipinski definition) is 2. The van der Waals surface area contributed by atoms with Crippen LogP contribution in [-0.4, -0.2) is 39.1 Å². The van der Waals surface area contributed by atoms with Gasteiger partial charge in [0.25, 0.3) is 0 Å². The smallest absolute Gasteiger partial charge is 0.235 e. The molecule has 156 valence electrons. The number of hydrogen-bond acceptors (Lipinski definition) is 4. The molecule has 0 aliphatic carbocycles. The standard InChI is InChI=1S/C23H30N2O4/c1-23(2,21(26)24-13-11-17-7-5-9-19(15-17)28-3)22(27)25-14-12-18-8-6-10-20(16-18)29-4/h5-10,15-16H,11-14H2,1-4H3,(H,24,26)(H,25,27). The van der Waals surface area contributed by atoms with E-state index in [0.29, 0.717) is 25.9 Å². The lowest BCUT2D eigenvalue weighted by atomic mass is 9.91. The summed E-state index contributed by atoms with van der Waals surface area (Å²) in [5.41, 5.74) is 0.971. The first-order valence-corrected chi connectivity index (χ1v) is 9.69. The molecule has 0 bridgehead atoms. The predicted octanol–water partition coefficient (Wildman–Crippen LogP) is 2.75. The van der Waals surface area contributed by atoms with Crippen LogP contribution in [-0.2, 0) is 22.4 Å². The monoisotopic (exact) mass is 398 g/mol. The van der Waals surface area contributed by atoms with Crippen molar-refractivity contribution in [1.82, 2.24) is 10.6 Å². The summed E-state index contributed by atoms with van der Waals surface area (Å²) >= 11 is 0. The molecule has 2 aromatic rings. The largest absolute Gasteiger partial charge is 0.497 e. The van der Waals surface area contributed by atoms with Crippen LogP contribution in [0.25, 0.3) is 0 Å². The average Bonchev–Trinajstić information content (AvgIpc) is 2.73. The quantitative estimate of drug-likeness (QED) is 0.604. The lowest BCUT2D eigenvalue weighted by Gasteiger charge is -2.23. The summed E-state index contributed by atoms with van der Waals surface area (Å²) in [5.74, 6) is 0.979. The Balaban J connectivity index is 1.79. The zero-order valence-electron chi connectivity index (χ0n) is 17.6. The van der Waals surface area contributed by atoms with E-state index < -0.39 is 5.41 Å². The summed E-state index contributed by atoms with van der Waals surface area (Å²) in [6.07, 6.45) is 1.33. The number of methoxy groups -OCH3 is 2. The molecule has 2 aromatic carbocycles. The van der Waals surface area contributed by atoms with Crippen LogP contribution in [0.5, 0.6) is 11.5 Å². The Morgan fingerprint density at radius 3 is 1.59 bits per heavy atom. The van der Waals surface area contributed by atoms with Crippen molar-refractivity contribution in [2.75, 3.05) is 27.3 Å². The number of rotatable bonds is 10. The lowest BCUT2D eigenvalue weighted by molar-refractivity contribution is -0.141. The van der Waals surface area contributed by atoms with Gasteiger partial charge in [0.2, 0.25) is 11.8 Å². The van der Waals surface area contributed by atoms with Gasteiger partial charge in [-0.05, 0) is 62.1 Å². The molecule has 0 atom stereocenters. The van der Waals surface area contributed by atoms with Gasteiger partial charge in [-0.1, -0.05) is 24.3 Å². The fraction of sp³-hybridized carbons (Fsp3) is 0.391. The van der Waals surface area contributed by atoms with Crippen LogP contribution < -0.4 is 20.1 Å². The van der Waals surface area contributed by atoms with Crippen LogP contribution in [0.4, 0.5) is 0 Å². The molecule has 0 fully saturated rings. The Bertz CT molecular complexity index is 766. The first kappa shape index (κ1) is 22.3. The zero-order valence-corrected chi connectivity index (χ0v) is 17.6. The van der Waals surface area contributed by atoms with E-state index in [-0.39, 0.29) is 11.8 Å². The Morgan fingerprint density at radius 2 is 1.21 bits per heavy atom. The van der Waals surface area contributed by atoms with Crippen molar-refractivity contribution < 1.29 is 19.1 Å². The van der Waals surface area contributed by atoms with E-state index in [1.165, 1.54) is 0 Å². The van der Waals surface area contributed by atoms with E-state index in [2.05, 4.69) is 10.6 Å². The Kier molecular flexibility index (Phi) is 8.07. The number of carbonyl (C=O) groups excluding carboxylic acids is 2. The lowest BCUT2D eigenvalue weighted by Crippen LogP contribution is -2.48. The highest BCUT2D eigenvalue weighted by Gasteiger charge is 2.35. The van der Waals surface area contributed by atoms with Crippen LogP contribution in [0.1, 0.15) is 25.0 Å². The Hall–Kier alpha value is -3.02. The third kappa shape index (κ3) is 6.52. The molecule has 29 heavy (non-hydrogen) atoms. The summed E-state index contributed by atoms with van der Waals surface area (Å²) in [6.45, 7) is 4.17. The van der Waals surface area contributed by atoms with Gasteiger partial charge in [-0.2, -0.15) is 0 Å². The second-order valence-corrected chi connectivity index (χ2v) is 7.34. The highest BCUT2D eigenvalue weighted by atomic mass is 16.5. The topological polar surface area (TPSA) is 76.7 Å². The minimum Gasteiger partial charge on any atom is -0.497 e. The molecule has 0 unspecified atom stereocenters. The van der Waals surface area contributed by atoms with Gasteiger partial charge in [0, 0.05) is 13.1 Å². The third-order valence-electron chi connectivity index (χ3n) is 4.80. The second-order valence-electron chi connectivity index (χ2n) is 7.34. The normalized spacial score (nSPS) is 10.9. The molecule has 0 aromatic heterocycles. The number of carbonyl (C=O) groups is 2. The fourth-order valence-electron chi connectivity index (χ4n) is 2.84. The minimum absolute atomic E-state index is 0.292. The van der Waals surface area contributed by atoms with E-state index in [1.807, 2.05) is 48.5 Å². The maximum Gasteiger partial charge on any atom is 0.235 e. The van der Waals surface area contributed by atoms with Gasteiger partial charge >= 0.3 is 0 Å². The summed E-state index contributed by atoms with van der Waals surface area (Å²) in [6, 6.07) is 15.4. The SMILES string of the molecule is COc1cccc(CCNC(=O)C(C)(C)C(=O)NCCc2cccc(OC)c2)c1. The molecule has 0 aliphatic rings. The molecular weight excluding hydrogens is 368 g/mol.